The lowest BCUT2D eigenvalue weighted by Crippen LogP contribution is -3.13. The van der Waals surface area contributed by atoms with Gasteiger partial charge in [0.1, 0.15) is 17.2 Å². The van der Waals surface area contributed by atoms with Gasteiger partial charge >= 0.3 is 0 Å². The molecule has 1 saturated heterocycles. The molecule has 0 unspecified atom stereocenters. The summed E-state index contributed by atoms with van der Waals surface area (Å²) in [7, 11) is 0. The Balaban J connectivity index is 1.23. The summed E-state index contributed by atoms with van der Waals surface area (Å²) in [4.78, 5) is 24.3. The standard InChI is InChI=1S/C21H20N4OS/c26-21(18-13-15-5-1-2-6-16(15)22-18)25-11-9-24(10-12-25)14-20-23-17-7-3-4-8-19(17)27-20/h1-8,13,22H,9-12,14H2/p+1. The lowest BCUT2D eigenvalue weighted by atomic mass is 10.2. The summed E-state index contributed by atoms with van der Waals surface area (Å²) in [5, 5.41) is 2.27. The van der Waals surface area contributed by atoms with Crippen molar-refractivity contribution in [1.82, 2.24) is 14.9 Å². The van der Waals surface area contributed by atoms with Gasteiger partial charge in [0, 0.05) is 10.9 Å². The fraction of sp³-hybridized carbons (Fsp3) is 0.238. The van der Waals surface area contributed by atoms with Crippen LogP contribution in [0.4, 0.5) is 0 Å². The van der Waals surface area contributed by atoms with Crippen LogP contribution >= 0.6 is 11.3 Å². The number of H-pyrrole nitrogens is 1. The highest BCUT2D eigenvalue weighted by Gasteiger charge is 2.26. The molecule has 1 aliphatic rings. The van der Waals surface area contributed by atoms with Gasteiger partial charge in [-0.05, 0) is 24.3 Å². The first kappa shape index (κ1) is 16.5. The first-order valence-corrected chi connectivity index (χ1v) is 10.1. The molecule has 1 amide bonds. The van der Waals surface area contributed by atoms with E-state index in [9.17, 15) is 4.79 Å². The van der Waals surface area contributed by atoms with E-state index in [2.05, 4.69) is 23.2 Å². The molecule has 0 saturated carbocycles. The zero-order valence-electron chi connectivity index (χ0n) is 14.9. The van der Waals surface area contributed by atoms with E-state index >= 15 is 0 Å². The Morgan fingerprint density at radius 3 is 2.70 bits per heavy atom. The van der Waals surface area contributed by atoms with Crippen molar-refractivity contribution in [2.45, 2.75) is 6.54 Å². The maximum absolute atomic E-state index is 12.8. The van der Waals surface area contributed by atoms with Crippen molar-refractivity contribution in [1.29, 1.82) is 0 Å². The van der Waals surface area contributed by atoms with E-state index in [-0.39, 0.29) is 5.91 Å². The van der Waals surface area contributed by atoms with Gasteiger partial charge in [0.2, 0.25) is 0 Å². The van der Waals surface area contributed by atoms with Gasteiger partial charge < -0.3 is 14.8 Å². The van der Waals surface area contributed by atoms with Crippen molar-refractivity contribution in [3.8, 4) is 0 Å². The van der Waals surface area contributed by atoms with Crippen LogP contribution in [0.1, 0.15) is 15.5 Å². The minimum absolute atomic E-state index is 0.102. The number of rotatable bonds is 3. The van der Waals surface area contributed by atoms with Gasteiger partial charge in [-0.3, -0.25) is 4.79 Å². The Labute approximate surface area is 161 Å². The number of hydrogen-bond acceptors (Lipinski definition) is 3. The molecule has 136 valence electrons. The molecule has 0 spiro atoms. The Kier molecular flexibility index (Phi) is 4.14. The molecule has 5 nitrogen and oxygen atoms in total. The number of fused-ring (bicyclic) bond motifs is 2. The average Bonchev–Trinajstić information content (AvgIpc) is 3.31. The fourth-order valence-electron chi connectivity index (χ4n) is 3.77. The number of carbonyl (C=O) groups is 1. The molecule has 0 atom stereocenters. The maximum atomic E-state index is 12.8. The smallest absolute Gasteiger partial charge is 0.270 e. The van der Waals surface area contributed by atoms with Crippen LogP contribution in [-0.4, -0.2) is 47.0 Å². The minimum Gasteiger partial charge on any atom is -0.351 e. The number of nitrogens with zero attached hydrogens (tertiary/aromatic N) is 2. The van der Waals surface area contributed by atoms with E-state index in [0.717, 1.165) is 49.1 Å². The Hall–Kier alpha value is -2.70. The number of aromatic amines is 1. The molecular formula is C21H21N4OS+. The van der Waals surface area contributed by atoms with Gasteiger partial charge in [-0.25, -0.2) is 4.98 Å². The van der Waals surface area contributed by atoms with E-state index < -0.39 is 0 Å². The maximum Gasteiger partial charge on any atom is 0.270 e. The SMILES string of the molecule is O=C(c1cc2ccccc2[nH]1)N1CC[NH+](Cc2nc3ccccc3s2)CC1. The van der Waals surface area contributed by atoms with E-state index in [1.165, 1.54) is 14.6 Å². The largest absolute Gasteiger partial charge is 0.351 e. The average molecular weight is 377 g/mol. The first-order valence-electron chi connectivity index (χ1n) is 9.31. The van der Waals surface area contributed by atoms with Crippen LogP contribution in [0, 0.1) is 0 Å². The van der Waals surface area contributed by atoms with Crippen molar-refractivity contribution in [2.24, 2.45) is 0 Å². The number of amides is 1. The molecule has 1 aliphatic heterocycles. The van der Waals surface area contributed by atoms with Crippen molar-refractivity contribution in [3.05, 3.63) is 65.3 Å². The monoisotopic (exact) mass is 377 g/mol. The van der Waals surface area contributed by atoms with Gasteiger partial charge in [0.15, 0.2) is 0 Å². The molecule has 2 aromatic heterocycles. The number of piperazine rings is 1. The number of aromatic nitrogens is 2. The van der Waals surface area contributed by atoms with Crippen LogP contribution in [0.2, 0.25) is 0 Å². The van der Waals surface area contributed by atoms with Gasteiger partial charge in [0.25, 0.3) is 5.91 Å². The van der Waals surface area contributed by atoms with Crippen LogP contribution in [0.3, 0.4) is 0 Å². The second kappa shape index (κ2) is 6.79. The number of benzene rings is 2. The summed E-state index contributed by atoms with van der Waals surface area (Å²) in [6, 6.07) is 18.3. The molecule has 0 radical (unpaired) electrons. The third kappa shape index (κ3) is 3.22. The zero-order chi connectivity index (χ0) is 18.2. The third-order valence-corrected chi connectivity index (χ3v) is 6.29. The van der Waals surface area contributed by atoms with E-state index in [4.69, 9.17) is 4.98 Å². The zero-order valence-corrected chi connectivity index (χ0v) is 15.8. The van der Waals surface area contributed by atoms with Crippen LogP contribution in [0.25, 0.3) is 21.1 Å². The molecule has 3 heterocycles. The number of quaternary nitrogens is 1. The van der Waals surface area contributed by atoms with Crippen molar-refractivity contribution in [2.75, 3.05) is 26.2 Å². The molecule has 2 N–H and O–H groups in total. The lowest BCUT2D eigenvalue weighted by Gasteiger charge is -2.31. The van der Waals surface area contributed by atoms with Crippen molar-refractivity contribution < 1.29 is 9.69 Å². The molecule has 2 aromatic carbocycles. The van der Waals surface area contributed by atoms with Gasteiger partial charge in [-0.2, -0.15) is 0 Å². The highest BCUT2D eigenvalue weighted by molar-refractivity contribution is 7.18. The predicted octanol–water partition coefficient (Wildman–Crippen LogP) is 2.32. The second-order valence-electron chi connectivity index (χ2n) is 7.06. The summed E-state index contributed by atoms with van der Waals surface area (Å²) < 4.78 is 1.25. The number of thiazole rings is 1. The summed E-state index contributed by atoms with van der Waals surface area (Å²) in [6.45, 7) is 4.43. The first-order chi connectivity index (χ1) is 13.3. The molecule has 0 bridgehead atoms. The van der Waals surface area contributed by atoms with Gasteiger partial charge in [-0.15, -0.1) is 11.3 Å². The van der Waals surface area contributed by atoms with E-state index in [0.29, 0.717) is 5.69 Å². The van der Waals surface area contributed by atoms with E-state index in [1.54, 1.807) is 11.3 Å². The normalized spacial score (nSPS) is 15.6. The second-order valence-corrected chi connectivity index (χ2v) is 8.18. The molecule has 0 aliphatic carbocycles. The summed E-state index contributed by atoms with van der Waals surface area (Å²) in [5.74, 6) is 0.102. The van der Waals surface area contributed by atoms with Crippen LogP contribution in [0.15, 0.2) is 54.6 Å². The highest BCUT2D eigenvalue weighted by atomic mass is 32.1. The molecule has 1 fully saturated rings. The number of carbonyl (C=O) groups excluding carboxylic acids is 1. The summed E-state index contributed by atoms with van der Waals surface area (Å²) in [5.41, 5.74) is 2.79. The Morgan fingerprint density at radius 2 is 1.89 bits per heavy atom. The predicted molar refractivity (Wildman–Crippen MR) is 108 cm³/mol. The number of para-hydroxylation sites is 2. The van der Waals surface area contributed by atoms with Gasteiger partial charge in [0.05, 0.1) is 36.4 Å². The minimum atomic E-state index is 0.102. The molecule has 27 heavy (non-hydrogen) atoms. The molecule has 6 heteroatoms. The van der Waals surface area contributed by atoms with Crippen molar-refractivity contribution in [3.63, 3.8) is 0 Å². The van der Waals surface area contributed by atoms with Crippen LogP contribution in [0.5, 0.6) is 0 Å². The summed E-state index contributed by atoms with van der Waals surface area (Å²) in [6.07, 6.45) is 0. The molecule has 4 aromatic rings. The van der Waals surface area contributed by atoms with Gasteiger partial charge in [-0.1, -0.05) is 30.3 Å². The third-order valence-electron chi connectivity index (χ3n) is 5.26. The Bertz CT molecular complexity index is 1040. The topological polar surface area (TPSA) is 53.4 Å². The Morgan fingerprint density at radius 1 is 1.11 bits per heavy atom. The quantitative estimate of drug-likeness (QED) is 0.576. The highest BCUT2D eigenvalue weighted by Crippen LogP contribution is 2.21. The van der Waals surface area contributed by atoms with Crippen LogP contribution in [-0.2, 0) is 6.54 Å². The molecule has 5 rings (SSSR count). The van der Waals surface area contributed by atoms with Crippen LogP contribution < -0.4 is 4.90 Å². The number of hydrogen-bond donors (Lipinski definition) is 2. The summed E-state index contributed by atoms with van der Waals surface area (Å²) >= 11 is 1.78. The van der Waals surface area contributed by atoms with E-state index in [1.807, 2.05) is 41.3 Å². The number of nitrogens with one attached hydrogen (secondary N) is 2. The lowest BCUT2D eigenvalue weighted by molar-refractivity contribution is -0.917. The fourth-order valence-corrected chi connectivity index (χ4v) is 4.81. The molecular weight excluding hydrogens is 356 g/mol. The van der Waals surface area contributed by atoms with Crippen molar-refractivity contribution >= 4 is 38.4 Å².